The van der Waals surface area contributed by atoms with Gasteiger partial charge in [0.1, 0.15) is 5.76 Å². The molecule has 0 unspecified atom stereocenters. The summed E-state index contributed by atoms with van der Waals surface area (Å²) < 4.78 is 10.6. The number of rotatable bonds is 2. The first-order valence-corrected chi connectivity index (χ1v) is 4.35. The van der Waals surface area contributed by atoms with Crippen LogP contribution in [-0.2, 0) is 14.3 Å². The maximum absolute atomic E-state index is 11.3. The molecule has 1 saturated heterocycles. The highest BCUT2D eigenvalue weighted by molar-refractivity contribution is 5.92. The third-order valence-electron chi connectivity index (χ3n) is 2.25. The molecule has 0 radical (unpaired) electrons. The number of carbonyl (C=O) groups excluding carboxylic acids is 1. The standard InChI is InChI=1S/C10H14O3/c1-5-10(6-2)12-8(4)7(3)9(11)13-10/h3-6H2,1-2H3. The van der Waals surface area contributed by atoms with E-state index in [-0.39, 0.29) is 5.57 Å². The molecule has 0 aromatic heterocycles. The molecule has 0 saturated carbocycles. The van der Waals surface area contributed by atoms with Crippen molar-refractivity contribution >= 4 is 5.97 Å². The van der Waals surface area contributed by atoms with Gasteiger partial charge in [-0.25, -0.2) is 4.79 Å². The number of hydrogen-bond acceptors (Lipinski definition) is 3. The van der Waals surface area contributed by atoms with Crippen molar-refractivity contribution in [3.05, 3.63) is 24.5 Å². The molecule has 0 bridgehead atoms. The monoisotopic (exact) mass is 182 g/mol. The van der Waals surface area contributed by atoms with Crippen LogP contribution in [0.25, 0.3) is 0 Å². The van der Waals surface area contributed by atoms with Crippen LogP contribution in [0.15, 0.2) is 24.5 Å². The van der Waals surface area contributed by atoms with Gasteiger partial charge >= 0.3 is 5.97 Å². The van der Waals surface area contributed by atoms with Gasteiger partial charge in [0.15, 0.2) is 0 Å². The highest BCUT2D eigenvalue weighted by Gasteiger charge is 2.39. The van der Waals surface area contributed by atoms with Crippen LogP contribution in [0, 0.1) is 0 Å². The molecule has 0 N–H and O–H groups in total. The maximum Gasteiger partial charge on any atom is 0.344 e. The number of carbonyl (C=O) groups is 1. The zero-order valence-electron chi connectivity index (χ0n) is 8.05. The fraction of sp³-hybridized carbons (Fsp3) is 0.500. The Balaban J connectivity index is 2.90. The summed E-state index contributed by atoms with van der Waals surface area (Å²) in [7, 11) is 0. The Bertz CT molecular complexity index is 239. The van der Waals surface area contributed by atoms with Crippen LogP contribution < -0.4 is 0 Å². The second-order valence-electron chi connectivity index (χ2n) is 3.01. The highest BCUT2D eigenvalue weighted by Crippen LogP contribution is 2.33. The average molecular weight is 182 g/mol. The lowest BCUT2D eigenvalue weighted by molar-refractivity contribution is -0.226. The van der Waals surface area contributed by atoms with Gasteiger partial charge in [-0.1, -0.05) is 27.0 Å². The van der Waals surface area contributed by atoms with E-state index in [1.54, 1.807) is 0 Å². The van der Waals surface area contributed by atoms with Crippen molar-refractivity contribution in [2.45, 2.75) is 32.5 Å². The molecule has 1 heterocycles. The smallest absolute Gasteiger partial charge is 0.344 e. The van der Waals surface area contributed by atoms with Crippen LogP contribution in [0.3, 0.4) is 0 Å². The lowest BCUT2D eigenvalue weighted by Gasteiger charge is -2.36. The van der Waals surface area contributed by atoms with Crippen molar-refractivity contribution in [3.8, 4) is 0 Å². The lowest BCUT2D eigenvalue weighted by atomic mass is 10.1. The fourth-order valence-electron chi connectivity index (χ4n) is 1.19. The predicted molar refractivity (Wildman–Crippen MR) is 48.8 cm³/mol. The van der Waals surface area contributed by atoms with Crippen molar-refractivity contribution in [3.63, 3.8) is 0 Å². The molecule has 3 heteroatoms. The van der Waals surface area contributed by atoms with Gasteiger partial charge in [0, 0.05) is 12.8 Å². The number of cyclic esters (lactones) is 1. The summed E-state index contributed by atoms with van der Waals surface area (Å²) in [6, 6.07) is 0. The highest BCUT2D eigenvalue weighted by atomic mass is 16.7. The molecule has 1 aliphatic heterocycles. The normalized spacial score (nSPS) is 20.9. The third-order valence-corrected chi connectivity index (χ3v) is 2.25. The largest absolute Gasteiger partial charge is 0.452 e. The van der Waals surface area contributed by atoms with Crippen molar-refractivity contribution in [1.29, 1.82) is 0 Å². The zero-order chi connectivity index (χ0) is 10.1. The molecule has 0 aromatic rings. The second-order valence-corrected chi connectivity index (χ2v) is 3.01. The summed E-state index contributed by atoms with van der Waals surface area (Å²) in [5, 5.41) is 0. The molecule has 1 fully saturated rings. The minimum atomic E-state index is -0.824. The Morgan fingerprint density at radius 3 is 2.15 bits per heavy atom. The van der Waals surface area contributed by atoms with Gasteiger partial charge in [0.25, 0.3) is 5.79 Å². The van der Waals surface area contributed by atoms with Crippen molar-refractivity contribution < 1.29 is 14.3 Å². The lowest BCUT2D eigenvalue weighted by Crippen LogP contribution is -2.41. The molecule has 0 atom stereocenters. The summed E-state index contributed by atoms with van der Waals surface area (Å²) in [5.41, 5.74) is 0.206. The van der Waals surface area contributed by atoms with Crippen molar-refractivity contribution in [2.24, 2.45) is 0 Å². The van der Waals surface area contributed by atoms with Crippen LogP contribution in [0.4, 0.5) is 0 Å². The van der Waals surface area contributed by atoms with Gasteiger partial charge in [-0.2, -0.15) is 0 Å². The molecule has 0 spiro atoms. The molecular weight excluding hydrogens is 168 g/mol. The Kier molecular flexibility index (Phi) is 2.45. The van der Waals surface area contributed by atoms with Gasteiger partial charge in [-0.3, -0.25) is 0 Å². The van der Waals surface area contributed by atoms with Gasteiger partial charge in [0.2, 0.25) is 0 Å². The second kappa shape index (κ2) is 3.24. The van der Waals surface area contributed by atoms with Crippen LogP contribution in [0.1, 0.15) is 26.7 Å². The van der Waals surface area contributed by atoms with Crippen LogP contribution >= 0.6 is 0 Å². The zero-order valence-corrected chi connectivity index (χ0v) is 8.05. The summed E-state index contributed by atoms with van der Waals surface area (Å²) >= 11 is 0. The van der Waals surface area contributed by atoms with Crippen LogP contribution in [0.5, 0.6) is 0 Å². The molecule has 1 rings (SSSR count). The topological polar surface area (TPSA) is 35.5 Å². The molecule has 13 heavy (non-hydrogen) atoms. The van der Waals surface area contributed by atoms with E-state index in [1.807, 2.05) is 13.8 Å². The molecule has 72 valence electrons. The molecule has 3 nitrogen and oxygen atoms in total. The van der Waals surface area contributed by atoms with Gasteiger partial charge < -0.3 is 9.47 Å². The molecular formula is C10H14O3. The van der Waals surface area contributed by atoms with Crippen LogP contribution in [-0.4, -0.2) is 11.8 Å². The maximum atomic E-state index is 11.3. The predicted octanol–water partition coefficient (Wildman–Crippen LogP) is 2.15. The van der Waals surface area contributed by atoms with E-state index in [1.165, 1.54) is 0 Å². The van der Waals surface area contributed by atoms with Crippen molar-refractivity contribution in [1.82, 2.24) is 0 Å². The molecule has 0 aromatic carbocycles. The van der Waals surface area contributed by atoms with Gasteiger partial charge in [-0.05, 0) is 0 Å². The Labute approximate surface area is 78.0 Å². The Morgan fingerprint density at radius 1 is 1.23 bits per heavy atom. The SMILES string of the molecule is C=C1OC(CC)(CC)OC(=O)C1=C. The number of ether oxygens (including phenoxy) is 2. The van der Waals surface area contributed by atoms with Crippen LogP contribution in [0.2, 0.25) is 0 Å². The fourth-order valence-corrected chi connectivity index (χ4v) is 1.19. The van der Waals surface area contributed by atoms with Crippen molar-refractivity contribution in [2.75, 3.05) is 0 Å². The number of esters is 1. The minimum absolute atomic E-state index is 0.206. The summed E-state index contributed by atoms with van der Waals surface area (Å²) in [5.74, 6) is -0.935. The van der Waals surface area contributed by atoms with Gasteiger partial charge in [-0.15, -0.1) is 0 Å². The first-order chi connectivity index (χ1) is 6.04. The van der Waals surface area contributed by atoms with E-state index in [9.17, 15) is 4.79 Å². The molecule has 0 amide bonds. The summed E-state index contributed by atoms with van der Waals surface area (Å²) in [6.45, 7) is 10.9. The number of hydrogen-bond donors (Lipinski definition) is 0. The van der Waals surface area contributed by atoms with E-state index in [0.717, 1.165) is 0 Å². The average Bonchev–Trinajstić information content (AvgIpc) is 2.13. The van der Waals surface area contributed by atoms with E-state index in [2.05, 4.69) is 13.2 Å². The molecule has 1 aliphatic rings. The minimum Gasteiger partial charge on any atom is -0.452 e. The summed E-state index contributed by atoms with van der Waals surface area (Å²) in [6.07, 6.45) is 1.23. The first kappa shape index (κ1) is 9.84. The third kappa shape index (κ3) is 1.59. The van der Waals surface area contributed by atoms with E-state index in [4.69, 9.17) is 9.47 Å². The first-order valence-electron chi connectivity index (χ1n) is 4.35. The Morgan fingerprint density at radius 2 is 1.77 bits per heavy atom. The van der Waals surface area contributed by atoms with E-state index >= 15 is 0 Å². The van der Waals surface area contributed by atoms with E-state index < -0.39 is 11.8 Å². The van der Waals surface area contributed by atoms with Gasteiger partial charge in [0.05, 0.1) is 5.57 Å². The quantitative estimate of drug-likeness (QED) is 0.485. The Hall–Kier alpha value is -1.25. The van der Waals surface area contributed by atoms with E-state index in [0.29, 0.717) is 18.6 Å². The summed E-state index contributed by atoms with van der Waals surface area (Å²) in [4.78, 5) is 11.3. The molecule has 0 aliphatic carbocycles.